The van der Waals surface area contributed by atoms with Gasteiger partial charge in [0.15, 0.2) is 0 Å². The van der Waals surface area contributed by atoms with Gasteiger partial charge in [-0.3, -0.25) is 10.1 Å². The van der Waals surface area contributed by atoms with Gasteiger partial charge in [-0.1, -0.05) is 0 Å². The molecule has 2 aromatic rings. The zero-order valence-corrected chi connectivity index (χ0v) is 11.4. The number of nitrogens with one attached hydrogen (secondary N) is 1. The third kappa shape index (κ3) is 2.81. The van der Waals surface area contributed by atoms with Crippen LogP contribution in [0.2, 0.25) is 0 Å². The lowest BCUT2D eigenvalue weighted by molar-refractivity contribution is 0.393. The van der Waals surface area contributed by atoms with E-state index in [1.165, 1.54) is 13.0 Å². The Kier molecular flexibility index (Phi) is 3.29. The molecule has 0 saturated carbocycles. The van der Waals surface area contributed by atoms with Crippen LogP contribution in [0.25, 0.3) is 11.4 Å². The molecule has 0 spiro atoms. The number of rotatable bonds is 3. The molecule has 0 amide bonds. The van der Waals surface area contributed by atoms with E-state index in [1.54, 1.807) is 6.20 Å². The standard InChI is InChI=1S/C14H19N5/c1-10-5-13(18-17-10)14-8-15-7-12(16-14)6-11-3-4-19(2)9-11/h5,7-8,11H,3-4,6,9H2,1-2H3,(H,17,18)/t11-/m0/s1. The van der Waals surface area contributed by atoms with Crippen molar-refractivity contribution in [1.82, 2.24) is 25.1 Å². The molecule has 100 valence electrons. The fourth-order valence-electron chi connectivity index (χ4n) is 2.67. The zero-order chi connectivity index (χ0) is 13.2. The van der Waals surface area contributed by atoms with Crippen LogP contribution in [-0.2, 0) is 6.42 Å². The molecule has 1 saturated heterocycles. The lowest BCUT2D eigenvalue weighted by Crippen LogP contribution is -2.15. The van der Waals surface area contributed by atoms with Crippen molar-refractivity contribution in [2.75, 3.05) is 20.1 Å². The maximum atomic E-state index is 4.68. The summed E-state index contributed by atoms with van der Waals surface area (Å²) in [5, 5.41) is 7.18. The summed E-state index contributed by atoms with van der Waals surface area (Å²) >= 11 is 0. The highest BCUT2D eigenvalue weighted by Crippen LogP contribution is 2.20. The summed E-state index contributed by atoms with van der Waals surface area (Å²) in [7, 11) is 2.18. The topological polar surface area (TPSA) is 57.7 Å². The monoisotopic (exact) mass is 257 g/mol. The third-order valence-corrected chi connectivity index (χ3v) is 3.64. The van der Waals surface area contributed by atoms with Gasteiger partial charge in [-0.05, 0) is 45.3 Å². The second kappa shape index (κ2) is 5.09. The average Bonchev–Trinajstić information content (AvgIpc) is 2.99. The number of likely N-dealkylation sites (tertiary alicyclic amines) is 1. The lowest BCUT2D eigenvalue weighted by atomic mass is 10.0. The summed E-state index contributed by atoms with van der Waals surface area (Å²) in [5.74, 6) is 0.704. The Morgan fingerprint density at radius 3 is 2.95 bits per heavy atom. The van der Waals surface area contributed by atoms with Gasteiger partial charge in [-0.2, -0.15) is 5.10 Å². The molecule has 1 fully saturated rings. The van der Waals surface area contributed by atoms with Crippen LogP contribution in [0.1, 0.15) is 17.8 Å². The second-order valence-corrected chi connectivity index (χ2v) is 5.45. The molecule has 19 heavy (non-hydrogen) atoms. The molecule has 3 heterocycles. The Balaban J connectivity index is 1.76. The van der Waals surface area contributed by atoms with E-state index in [-0.39, 0.29) is 0 Å². The van der Waals surface area contributed by atoms with Crippen LogP contribution in [-0.4, -0.2) is 45.2 Å². The molecule has 0 aromatic carbocycles. The van der Waals surface area contributed by atoms with Crippen molar-refractivity contribution in [2.24, 2.45) is 5.92 Å². The van der Waals surface area contributed by atoms with E-state index in [2.05, 4.69) is 32.1 Å². The van der Waals surface area contributed by atoms with Crippen LogP contribution >= 0.6 is 0 Å². The molecule has 5 nitrogen and oxygen atoms in total. The fraction of sp³-hybridized carbons (Fsp3) is 0.500. The maximum Gasteiger partial charge on any atom is 0.112 e. The minimum Gasteiger partial charge on any atom is -0.306 e. The van der Waals surface area contributed by atoms with Gasteiger partial charge in [0.25, 0.3) is 0 Å². The van der Waals surface area contributed by atoms with E-state index in [0.29, 0.717) is 5.92 Å². The Bertz CT molecular complexity index is 562. The molecule has 0 radical (unpaired) electrons. The van der Waals surface area contributed by atoms with Crippen molar-refractivity contribution in [1.29, 1.82) is 0 Å². The summed E-state index contributed by atoms with van der Waals surface area (Å²) in [6.07, 6.45) is 5.92. The van der Waals surface area contributed by atoms with Crippen LogP contribution in [0.3, 0.4) is 0 Å². The van der Waals surface area contributed by atoms with Crippen LogP contribution in [0.5, 0.6) is 0 Å². The van der Waals surface area contributed by atoms with Crippen molar-refractivity contribution in [3.8, 4) is 11.4 Å². The van der Waals surface area contributed by atoms with E-state index < -0.39 is 0 Å². The second-order valence-electron chi connectivity index (χ2n) is 5.45. The number of hydrogen-bond donors (Lipinski definition) is 1. The molecular formula is C14H19N5. The van der Waals surface area contributed by atoms with E-state index in [9.17, 15) is 0 Å². The molecule has 0 unspecified atom stereocenters. The maximum absolute atomic E-state index is 4.68. The Morgan fingerprint density at radius 1 is 1.37 bits per heavy atom. The Morgan fingerprint density at radius 2 is 2.26 bits per heavy atom. The minimum absolute atomic E-state index is 0.704. The van der Waals surface area contributed by atoms with Gasteiger partial charge in [0, 0.05) is 18.4 Å². The summed E-state index contributed by atoms with van der Waals surface area (Å²) < 4.78 is 0. The van der Waals surface area contributed by atoms with Gasteiger partial charge in [-0.15, -0.1) is 0 Å². The van der Waals surface area contributed by atoms with E-state index >= 15 is 0 Å². The van der Waals surface area contributed by atoms with E-state index in [4.69, 9.17) is 0 Å². The van der Waals surface area contributed by atoms with Gasteiger partial charge < -0.3 is 4.90 Å². The van der Waals surface area contributed by atoms with Crippen molar-refractivity contribution in [3.05, 3.63) is 29.8 Å². The SMILES string of the molecule is Cc1cc(-c2cncc(C[C@@H]3CCN(C)C3)n2)n[nH]1. The first-order valence-electron chi connectivity index (χ1n) is 6.72. The molecule has 3 rings (SSSR count). The summed E-state index contributed by atoms with van der Waals surface area (Å²) in [6.45, 7) is 4.34. The van der Waals surface area contributed by atoms with Crippen molar-refractivity contribution < 1.29 is 0 Å². The molecule has 1 aliphatic heterocycles. The largest absolute Gasteiger partial charge is 0.306 e. The predicted molar refractivity (Wildman–Crippen MR) is 73.7 cm³/mol. The number of aryl methyl sites for hydroxylation is 1. The van der Waals surface area contributed by atoms with Crippen LogP contribution in [0.15, 0.2) is 18.5 Å². The average molecular weight is 257 g/mol. The molecular weight excluding hydrogens is 238 g/mol. The molecule has 1 N–H and O–H groups in total. The van der Waals surface area contributed by atoms with Gasteiger partial charge in [0.05, 0.1) is 11.9 Å². The lowest BCUT2D eigenvalue weighted by Gasteiger charge is -2.09. The van der Waals surface area contributed by atoms with E-state index in [1.807, 2.05) is 19.2 Å². The van der Waals surface area contributed by atoms with Gasteiger partial charge >= 0.3 is 0 Å². The van der Waals surface area contributed by atoms with Gasteiger partial charge in [0.2, 0.25) is 0 Å². The van der Waals surface area contributed by atoms with Crippen LogP contribution in [0, 0.1) is 12.8 Å². The van der Waals surface area contributed by atoms with Crippen molar-refractivity contribution >= 4 is 0 Å². The predicted octanol–water partition coefficient (Wildman–Crippen LogP) is 1.67. The minimum atomic E-state index is 0.704. The molecule has 2 aromatic heterocycles. The fourth-order valence-corrected chi connectivity index (χ4v) is 2.67. The van der Waals surface area contributed by atoms with Gasteiger partial charge in [-0.25, -0.2) is 4.98 Å². The van der Waals surface area contributed by atoms with Gasteiger partial charge in [0.1, 0.15) is 11.4 Å². The molecule has 0 bridgehead atoms. The van der Waals surface area contributed by atoms with Crippen molar-refractivity contribution in [3.63, 3.8) is 0 Å². The van der Waals surface area contributed by atoms with Crippen LogP contribution < -0.4 is 0 Å². The number of aromatic nitrogens is 4. The first-order valence-corrected chi connectivity index (χ1v) is 6.72. The van der Waals surface area contributed by atoms with Crippen LogP contribution in [0.4, 0.5) is 0 Å². The number of hydrogen-bond acceptors (Lipinski definition) is 4. The third-order valence-electron chi connectivity index (χ3n) is 3.64. The highest BCUT2D eigenvalue weighted by molar-refractivity contribution is 5.52. The number of nitrogens with zero attached hydrogens (tertiary/aromatic N) is 4. The quantitative estimate of drug-likeness (QED) is 0.908. The molecule has 0 aliphatic carbocycles. The molecule has 5 heteroatoms. The molecule has 1 atom stereocenters. The summed E-state index contributed by atoms with van der Waals surface area (Å²) in [6, 6.07) is 2.00. The number of H-pyrrole nitrogens is 1. The summed E-state index contributed by atoms with van der Waals surface area (Å²) in [4.78, 5) is 11.4. The first kappa shape index (κ1) is 12.3. The Labute approximate surface area is 113 Å². The summed E-state index contributed by atoms with van der Waals surface area (Å²) in [5.41, 5.74) is 3.83. The highest BCUT2D eigenvalue weighted by Gasteiger charge is 2.20. The zero-order valence-electron chi connectivity index (χ0n) is 11.4. The highest BCUT2D eigenvalue weighted by atomic mass is 15.1. The van der Waals surface area contributed by atoms with E-state index in [0.717, 1.165) is 35.7 Å². The molecule has 1 aliphatic rings. The Hall–Kier alpha value is -1.75. The first-order chi connectivity index (χ1) is 9.20. The smallest absolute Gasteiger partial charge is 0.112 e. The normalized spacial score (nSPS) is 20.0. The number of aromatic amines is 1. The van der Waals surface area contributed by atoms with Crippen molar-refractivity contribution in [2.45, 2.75) is 19.8 Å².